The highest BCUT2D eigenvalue weighted by molar-refractivity contribution is 4.95. The van der Waals surface area contributed by atoms with Crippen LogP contribution in [0.4, 0.5) is 0 Å². The molecular formula is C9H14O4. The molecule has 2 saturated heterocycles. The number of hydrogen-bond acceptors (Lipinski definition) is 4. The smallest absolute Gasteiger partial charge is 0.115 e. The largest absolute Gasteiger partial charge is 0.388 e. The predicted molar refractivity (Wildman–Crippen MR) is 45.4 cm³/mol. The quantitative estimate of drug-likeness (QED) is 0.616. The minimum atomic E-state index is -0.498. The van der Waals surface area contributed by atoms with Crippen LogP contribution in [0.15, 0.2) is 12.7 Å². The number of fused-ring (bicyclic) bond motifs is 1. The minimum absolute atomic E-state index is 0.0554. The van der Waals surface area contributed by atoms with Gasteiger partial charge in [-0.25, -0.2) is 0 Å². The van der Waals surface area contributed by atoms with Gasteiger partial charge in [0.15, 0.2) is 0 Å². The van der Waals surface area contributed by atoms with Gasteiger partial charge in [0.05, 0.1) is 19.8 Å². The Balaban J connectivity index is 1.90. The molecule has 74 valence electrons. The average Bonchev–Trinajstić information content (AvgIpc) is 2.67. The van der Waals surface area contributed by atoms with Crippen LogP contribution in [0.2, 0.25) is 0 Å². The first-order valence-electron chi connectivity index (χ1n) is 4.46. The zero-order valence-electron chi connectivity index (χ0n) is 7.39. The second-order valence-corrected chi connectivity index (χ2v) is 3.32. The van der Waals surface area contributed by atoms with Crippen LogP contribution in [0, 0.1) is 0 Å². The van der Waals surface area contributed by atoms with Crippen LogP contribution in [0.5, 0.6) is 0 Å². The maximum Gasteiger partial charge on any atom is 0.115 e. The topological polar surface area (TPSA) is 47.9 Å². The van der Waals surface area contributed by atoms with E-state index in [1.165, 1.54) is 0 Å². The Labute approximate surface area is 77.1 Å². The lowest BCUT2D eigenvalue weighted by Gasteiger charge is -2.15. The fraction of sp³-hybridized carbons (Fsp3) is 0.778. The van der Waals surface area contributed by atoms with Crippen LogP contribution in [-0.2, 0) is 14.2 Å². The van der Waals surface area contributed by atoms with Gasteiger partial charge in [-0.3, -0.25) is 0 Å². The Bertz CT molecular complexity index is 194. The van der Waals surface area contributed by atoms with Gasteiger partial charge >= 0.3 is 0 Å². The summed E-state index contributed by atoms with van der Waals surface area (Å²) in [4.78, 5) is 0. The van der Waals surface area contributed by atoms with Crippen molar-refractivity contribution in [3.63, 3.8) is 0 Å². The lowest BCUT2D eigenvalue weighted by atomic mass is 10.1. The molecule has 4 unspecified atom stereocenters. The van der Waals surface area contributed by atoms with E-state index >= 15 is 0 Å². The summed E-state index contributed by atoms with van der Waals surface area (Å²) >= 11 is 0. The fourth-order valence-electron chi connectivity index (χ4n) is 1.78. The van der Waals surface area contributed by atoms with Gasteiger partial charge < -0.3 is 19.3 Å². The van der Waals surface area contributed by atoms with Crippen LogP contribution in [0.3, 0.4) is 0 Å². The van der Waals surface area contributed by atoms with Gasteiger partial charge in [0.25, 0.3) is 0 Å². The van der Waals surface area contributed by atoms with E-state index in [-0.39, 0.29) is 18.3 Å². The van der Waals surface area contributed by atoms with Gasteiger partial charge in [-0.05, 0) is 0 Å². The molecule has 0 amide bonds. The van der Waals surface area contributed by atoms with Crippen molar-refractivity contribution in [2.75, 3.05) is 19.8 Å². The average molecular weight is 186 g/mol. The molecule has 0 radical (unpaired) electrons. The summed E-state index contributed by atoms with van der Waals surface area (Å²) < 4.78 is 16.2. The first-order valence-corrected chi connectivity index (χ1v) is 4.46. The zero-order valence-corrected chi connectivity index (χ0v) is 7.39. The summed E-state index contributed by atoms with van der Waals surface area (Å²) in [5, 5.41) is 9.42. The Hall–Kier alpha value is -0.420. The summed E-state index contributed by atoms with van der Waals surface area (Å²) in [7, 11) is 0. The van der Waals surface area contributed by atoms with Gasteiger partial charge in [0.2, 0.25) is 0 Å². The standard InChI is InChI=1S/C9H14O4/c1-2-3-11-7-5-13-8-6(10)4-12-9(7)8/h2,6-10H,1,3-5H2. The molecule has 0 aromatic heterocycles. The lowest BCUT2D eigenvalue weighted by Crippen LogP contribution is -2.32. The second-order valence-electron chi connectivity index (χ2n) is 3.32. The van der Waals surface area contributed by atoms with E-state index in [1.54, 1.807) is 6.08 Å². The SMILES string of the molecule is C=CCOC1COC2C(O)COC12. The van der Waals surface area contributed by atoms with Crippen molar-refractivity contribution in [3.05, 3.63) is 12.7 Å². The zero-order chi connectivity index (χ0) is 9.26. The molecule has 0 saturated carbocycles. The predicted octanol–water partition coefficient (Wildman–Crippen LogP) is -0.284. The van der Waals surface area contributed by atoms with Gasteiger partial charge in [0.1, 0.15) is 24.4 Å². The van der Waals surface area contributed by atoms with Crippen LogP contribution in [-0.4, -0.2) is 49.3 Å². The van der Waals surface area contributed by atoms with Gasteiger partial charge in [-0.2, -0.15) is 0 Å². The van der Waals surface area contributed by atoms with Crippen LogP contribution in [0.1, 0.15) is 0 Å². The fourth-order valence-corrected chi connectivity index (χ4v) is 1.78. The highest BCUT2D eigenvalue weighted by Gasteiger charge is 2.47. The molecular weight excluding hydrogens is 172 g/mol. The highest BCUT2D eigenvalue weighted by Crippen LogP contribution is 2.28. The van der Waals surface area contributed by atoms with Crippen LogP contribution < -0.4 is 0 Å². The van der Waals surface area contributed by atoms with E-state index in [4.69, 9.17) is 14.2 Å². The number of aliphatic hydroxyl groups is 1. The first-order chi connectivity index (χ1) is 6.33. The molecule has 0 spiro atoms. The van der Waals surface area contributed by atoms with E-state index in [0.29, 0.717) is 19.8 Å². The first kappa shape index (κ1) is 9.15. The normalized spacial score (nSPS) is 43.5. The molecule has 2 aliphatic rings. The van der Waals surface area contributed by atoms with E-state index in [1.807, 2.05) is 0 Å². The molecule has 13 heavy (non-hydrogen) atoms. The van der Waals surface area contributed by atoms with Gasteiger partial charge in [-0.1, -0.05) is 6.08 Å². The molecule has 2 aliphatic heterocycles. The number of hydrogen-bond donors (Lipinski definition) is 1. The minimum Gasteiger partial charge on any atom is -0.388 e. The summed E-state index contributed by atoms with van der Waals surface area (Å²) in [6.45, 7) is 4.91. The second kappa shape index (κ2) is 3.75. The van der Waals surface area contributed by atoms with Crippen molar-refractivity contribution < 1.29 is 19.3 Å². The van der Waals surface area contributed by atoms with Gasteiger partial charge in [0, 0.05) is 0 Å². The van der Waals surface area contributed by atoms with Gasteiger partial charge in [-0.15, -0.1) is 6.58 Å². The number of aliphatic hydroxyl groups excluding tert-OH is 1. The molecule has 0 aliphatic carbocycles. The molecule has 1 N–H and O–H groups in total. The molecule has 4 heteroatoms. The third kappa shape index (κ3) is 1.62. The molecule has 0 aromatic rings. The van der Waals surface area contributed by atoms with E-state index in [0.717, 1.165) is 0 Å². The monoisotopic (exact) mass is 186 g/mol. The maximum absolute atomic E-state index is 9.42. The third-order valence-corrected chi connectivity index (χ3v) is 2.41. The third-order valence-electron chi connectivity index (χ3n) is 2.41. The van der Waals surface area contributed by atoms with Crippen molar-refractivity contribution >= 4 is 0 Å². The molecule has 2 fully saturated rings. The van der Waals surface area contributed by atoms with Crippen molar-refractivity contribution in [2.24, 2.45) is 0 Å². The van der Waals surface area contributed by atoms with Crippen molar-refractivity contribution in [1.29, 1.82) is 0 Å². The Morgan fingerprint density at radius 2 is 2.15 bits per heavy atom. The van der Waals surface area contributed by atoms with E-state index in [2.05, 4.69) is 6.58 Å². The molecule has 4 atom stereocenters. The molecule has 0 bridgehead atoms. The summed E-state index contributed by atoms with van der Waals surface area (Å²) in [6, 6.07) is 0. The van der Waals surface area contributed by atoms with Crippen molar-refractivity contribution in [3.8, 4) is 0 Å². The molecule has 0 aromatic carbocycles. The molecule has 4 nitrogen and oxygen atoms in total. The van der Waals surface area contributed by atoms with Crippen LogP contribution >= 0.6 is 0 Å². The summed E-state index contributed by atoms with van der Waals surface area (Å²) in [5.41, 5.74) is 0. The molecule has 2 heterocycles. The van der Waals surface area contributed by atoms with Crippen LogP contribution in [0.25, 0.3) is 0 Å². The molecule has 2 rings (SSSR count). The Kier molecular flexibility index (Phi) is 2.64. The maximum atomic E-state index is 9.42. The number of ether oxygens (including phenoxy) is 3. The Morgan fingerprint density at radius 3 is 2.92 bits per heavy atom. The highest BCUT2D eigenvalue weighted by atomic mass is 16.6. The van der Waals surface area contributed by atoms with E-state index in [9.17, 15) is 5.11 Å². The van der Waals surface area contributed by atoms with E-state index < -0.39 is 6.10 Å². The van der Waals surface area contributed by atoms with Crippen molar-refractivity contribution in [1.82, 2.24) is 0 Å². The number of rotatable bonds is 3. The summed E-state index contributed by atoms with van der Waals surface area (Å²) in [6.07, 6.45) is 0.839. The summed E-state index contributed by atoms with van der Waals surface area (Å²) in [5.74, 6) is 0. The van der Waals surface area contributed by atoms with Crippen molar-refractivity contribution in [2.45, 2.75) is 24.4 Å². The Morgan fingerprint density at radius 1 is 1.38 bits per heavy atom. The lowest BCUT2D eigenvalue weighted by molar-refractivity contribution is -0.0279.